The second-order valence-electron chi connectivity index (χ2n) is 4.73. The first kappa shape index (κ1) is 12.4. The highest BCUT2D eigenvalue weighted by Crippen LogP contribution is 2.21. The third-order valence-corrected chi connectivity index (χ3v) is 3.24. The van der Waals surface area contributed by atoms with Gasteiger partial charge < -0.3 is 4.74 Å². The summed E-state index contributed by atoms with van der Waals surface area (Å²) in [6.07, 6.45) is 0. The van der Waals surface area contributed by atoms with Gasteiger partial charge in [-0.2, -0.15) is 0 Å². The fourth-order valence-corrected chi connectivity index (χ4v) is 2.17. The van der Waals surface area contributed by atoms with Crippen LogP contribution in [0.25, 0.3) is 10.8 Å². The molecule has 0 amide bonds. The maximum atomic E-state index is 12.3. The lowest BCUT2D eigenvalue weighted by Crippen LogP contribution is -2.08. The van der Waals surface area contributed by atoms with Gasteiger partial charge in [-0.3, -0.25) is 0 Å². The summed E-state index contributed by atoms with van der Waals surface area (Å²) >= 11 is 0. The first-order chi connectivity index (χ1) is 9.74. The van der Waals surface area contributed by atoms with Gasteiger partial charge in [0.05, 0.1) is 5.56 Å². The molecule has 0 radical (unpaired) electrons. The van der Waals surface area contributed by atoms with Gasteiger partial charge in [-0.05, 0) is 35.9 Å². The summed E-state index contributed by atoms with van der Waals surface area (Å²) in [5.74, 6) is 0.235. The van der Waals surface area contributed by atoms with Crippen LogP contribution in [-0.4, -0.2) is 5.97 Å². The van der Waals surface area contributed by atoms with Crippen LogP contribution in [0.4, 0.5) is 0 Å². The molecule has 0 aliphatic heterocycles. The Labute approximate surface area is 117 Å². The topological polar surface area (TPSA) is 26.3 Å². The van der Waals surface area contributed by atoms with Crippen LogP contribution in [0.1, 0.15) is 15.9 Å². The number of rotatable bonds is 2. The minimum absolute atomic E-state index is 0.328. The van der Waals surface area contributed by atoms with E-state index in [2.05, 4.69) is 0 Å². The largest absolute Gasteiger partial charge is 0.423 e. The van der Waals surface area contributed by atoms with Gasteiger partial charge in [0.15, 0.2) is 0 Å². The van der Waals surface area contributed by atoms with E-state index in [9.17, 15) is 4.79 Å². The number of fused-ring (bicyclic) bond motifs is 1. The smallest absolute Gasteiger partial charge is 0.344 e. The van der Waals surface area contributed by atoms with Crippen molar-refractivity contribution in [3.05, 3.63) is 77.9 Å². The van der Waals surface area contributed by atoms with E-state index in [1.165, 1.54) is 0 Å². The Morgan fingerprint density at radius 1 is 0.850 bits per heavy atom. The molecule has 3 rings (SSSR count). The Hall–Kier alpha value is -2.61. The Morgan fingerprint density at radius 2 is 1.55 bits per heavy atom. The van der Waals surface area contributed by atoms with E-state index in [1.54, 1.807) is 18.2 Å². The molecule has 0 bridgehead atoms. The van der Waals surface area contributed by atoms with Crippen LogP contribution in [0.2, 0.25) is 0 Å². The fraction of sp³-hybridized carbons (Fsp3) is 0.0556. The molecule has 0 aromatic heterocycles. The van der Waals surface area contributed by atoms with E-state index in [1.807, 2.05) is 55.5 Å². The van der Waals surface area contributed by atoms with Gasteiger partial charge in [0.2, 0.25) is 0 Å². The monoisotopic (exact) mass is 262 g/mol. The number of hydrogen-bond donors (Lipinski definition) is 0. The SMILES string of the molecule is Cc1ccc(OC(=O)c2cccc3ccccc23)cc1. The summed E-state index contributed by atoms with van der Waals surface area (Å²) in [4.78, 5) is 12.3. The maximum Gasteiger partial charge on any atom is 0.344 e. The summed E-state index contributed by atoms with van der Waals surface area (Å²) in [6.45, 7) is 2.00. The van der Waals surface area contributed by atoms with Gasteiger partial charge in [-0.1, -0.05) is 54.1 Å². The Bertz CT molecular complexity index is 752. The van der Waals surface area contributed by atoms with Crippen molar-refractivity contribution in [2.75, 3.05) is 0 Å². The van der Waals surface area contributed by atoms with Crippen molar-refractivity contribution in [1.29, 1.82) is 0 Å². The fourth-order valence-electron chi connectivity index (χ4n) is 2.17. The van der Waals surface area contributed by atoms with E-state index in [4.69, 9.17) is 4.74 Å². The molecule has 0 fully saturated rings. The molecular weight excluding hydrogens is 248 g/mol. The number of esters is 1. The molecular formula is C18H14O2. The third kappa shape index (κ3) is 2.41. The molecule has 0 atom stereocenters. The average Bonchev–Trinajstić information content (AvgIpc) is 2.49. The van der Waals surface area contributed by atoms with Crippen molar-refractivity contribution in [2.24, 2.45) is 0 Å². The van der Waals surface area contributed by atoms with Crippen LogP contribution in [-0.2, 0) is 0 Å². The van der Waals surface area contributed by atoms with Crippen LogP contribution in [0.3, 0.4) is 0 Å². The Balaban J connectivity index is 1.94. The molecule has 98 valence electrons. The molecule has 0 saturated heterocycles. The van der Waals surface area contributed by atoms with Gasteiger partial charge in [-0.25, -0.2) is 4.79 Å². The molecule has 0 N–H and O–H groups in total. The van der Waals surface area contributed by atoms with E-state index >= 15 is 0 Å². The second-order valence-corrected chi connectivity index (χ2v) is 4.73. The maximum absolute atomic E-state index is 12.3. The quantitative estimate of drug-likeness (QED) is 0.506. The van der Waals surface area contributed by atoms with Crippen molar-refractivity contribution in [1.82, 2.24) is 0 Å². The predicted molar refractivity (Wildman–Crippen MR) is 80.1 cm³/mol. The van der Waals surface area contributed by atoms with Crippen LogP contribution in [0.15, 0.2) is 66.7 Å². The van der Waals surface area contributed by atoms with Crippen LogP contribution >= 0.6 is 0 Å². The molecule has 2 nitrogen and oxygen atoms in total. The molecule has 3 aromatic carbocycles. The van der Waals surface area contributed by atoms with Gasteiger partial charge in [0, 0.05) is 0 Å². The average molecular weight is 262 g/mol. The van der Waals surface area contributed by atoms with E-state index in [0.29, 0.717) is 11.3 Å². The van der Waals surface area contributed by atoms with Gasteiger partial charge in [-0.15, -0.1) is 0 Å². The number of aryl methyl sites for hydroxylation is 1. The van der Waals surface area contributed by atoms with Crippen LogP contribution < -0.4 is 4.74 Å². The number of hydrogen-bond acceptors (Lipinski definition) is 2. The van der Waals surface area contributed by atoms with Crippen molar-refractivity contribution in [3.63, 3.8) is 0 Å². The Kier molecular flexibility index (Phi) is 3.21. The molecule has 3 aromatic rings. The zero-order valence-corrected chi connectivity index (χ0v) is 11.2. The zero-order valence-electron chi connectivity index (χ0n) is 11.2. The molecule has 0 unspecified atom stereocenters. The van der Waals surface area contributed by atoms with Crippen molar-refractivity contribution < 1.29 is 9.53 Å². The summed E-state index contributed by atoms with van der Waals surface area (Å²) in [5, 5.41) is 1.94. The summed E-state index contributed by atoms with van der Waals surface area (Å²) in [7, 11) is 0. The molecule has 20 heavy (non-hydrogen) atoms. The highest BCUT2D eigenvalue weighted by atomic mass is 16.5. The second kappa shape index (κ2) is 5.17. The molecule has 0 aliphatic carbocycles. The minimum atomic E-state index is -0.328. The predicted octanol–water partition coefficient (Wildman–Crippen LogP) is 4.37. The van der Waals surface area contributed by atoms with Crippen molar-refractivity contribution in [3.8, 4) is 5.75 Å². The lowest BCUT2D eigenvalue weighted by Gasteiger charge is -2.07. The zero-order chi connectivity index (χ0) is 13.9. The van der Waals surface area contributed by atoms with Crippen molar-refractivity contribution in [2.45, 2.75) is 6.92 Å². The number of ether oxygens (including phenoxy) is 1. The molecule has 2 heteroatoms. The molecule has 0 aliphatic rings. The number of carbonyl (C=O) groups is 1. The summed E-state index contributed by atoms with van der Waals surface area (Å²) < 4.78 is 5.42. The standard InChI is InChI=1S/C18H14O2/c1-13-9-11-15(12-10-13)20-18(19)17-8-4-6-14-5-2-3-7-16(14)17/h2-12H,1H3. The van der Waals surface area contributed by atoms with Gasteiger partial charge in [0.25, 0.3) is 0 Å². The van der Waals surface area contributed by atoms with E-state index < -0.39 is 0 Å². The molecule has 0 heterocycles. The highest BCUT2D eigenvalue weighted by molar-refractivity contribution is 6.05. The van der Waals surface area contributed by atoms with Gasteiger partial charge in [0.1, 0.15) is 5.75 Å². The van der Waals surface area contributed by atoms with Gasteiger partial charge >= 0.3 is 5.97 Å². The Morgan fingerprint density at radius 3 is 2.35 bits per heavy atom. The van der Waals surface area contributed by atoms with Crippen LogP contribution in [0, 0.1) is 6.92 Å². The summed E-state index contributed by atoms with van der Waals surface area (Å²) in [6, 6.07) is 20.9. The lowest BCUT2D eigenvalue weighted by atomic mass is 10.0. The number of benzene rings is 3. The highest BCUT2D eigenvalue weighted by Gasteiger charge is 2.11. The molecule has 0 spiro atoms. The first-order valence-electron chi connectivity index (χ1n) is 6.51. The first-order valence-corrected chi connectivity index (χ1v) is 6.51. The number of carbonyl (C=O) groups excluding carboxylic acids is 1. The van der Waals surface area contributed by atoms with E-state index in [0.717, 1.165) is 16.3 Å². The van der Waals surface area contributed by atoms with Crippen molar-refractivity contribution >= 4 is 16.7 Å². The molecule has 0 saturated carbocycles. The third-order valence-electron chi connectivity index (χ3n) is 3.24. The summed E-state index contributed by atoms with van der Waals surface area (Å²) in [5.41, 5.74) is 1.72. The van der Waals surface area contributed by atoms with E-state index in [-0.39, 0.29) is 5.97 Å². The van der Waals surface area contributed by atoms with Crippen LogP contribution in [0.5, 0.6) is 5.75 Å². The normalized spacial score (nSPS) is 10.4. The minimum Gasteiger partial charge on any atom is -0.423 e. The lowest BCUT2D eigenvalue weighted by molar-refractivity contribution is 0.0737.